The third-order valence-corrected chi connectivity index (χ3v) is 6.48. The standard InChI is InChI=1S/C19H18BrFN4O2/c20-13-5-12-11(6-14(13)21)9-3-10(4-9)25-15(7-23-19(27)8-1-2-8)16(17(22)26)24-18(12)25/h5-6,8-10H,1-4,7H2,(H2,22,26)(H,23,27). The van der Waals surface area contributed by atoms with Crippen molar-refractivity contribution < 1.29 is 14.0 Å². The van der Waals surface area contributed by atoms with Gasteiger partial charge in [-0.25, -0.2) is 9.37 Å². The minimum absolute atomic E-state index is 0.00583. The Bertz CT molecular complexity index is 992. The molecule has 6 nitrogen and oxygen atoms in total. The van der Waals surface area contributed by atoms with Crippen molar-refractivity contribution in [1.82, 2.24) is 14.9 Å². The van der Waals surface area contributed by atoms with Crippen LogP contribution in [0.3, 0.4) is 0 Å². The van der Waals surface area contributed by atoms with Gasteiger partial charge in [-0.05, 0) is 65.2 Å². The Hall–Kier alpha value is -2.22. The number of hydrogen-bond acceptors (Lipinski definition) is 3. The first-order chi connectivity index (χ1) is 12.9. The Kier molecular flexibility index (Phi) is 3.69. The molecule has 0 unspecified atom stereocenters. The largest absolute Gasteiger partial charge is 0.364 e. The quantitative estimate of drug-likeness (QED) is 0.777. The molecule has 6 rings (SSSR count). The lowest BCUT2D eigenvalue weighted by Crippen LogP contribution is -2.30. The number of carbonyl (C=O) groups excluding carboxylic acids is 2. The fourth-order valence-corrected chi connectivity index (χ4v) is 4.57. The van der Waals surface area contributed by atoms with Crippen LogP contribution in [0.5, 0.6) is 0 Å². The molecule has 0 radical (unpaired) electrons. The van der Waals surface area contributed by atoms with E-state index < -0.39 is 5.91 Å². The second kappa shape index (κ2) is 5.89. The first-order valence-electron chi connectivity index (χ1n) is 9.12. The Morgan fingerprint density at radius 2 is 2.07 bits per heavy atom. The highest BCUT2D eigenvalue weighted by Gasteiger charge is 2.41. The lowest BCUT2D eigenvalue weighted by atomic mass is 9.75. The monoisotopic (exact) mass is 432 g/mol. The number of hydrogen-bond donors (Lipinski definition) is 2. The Balaban J connectivity index is 1.63. The molecular weight excluding hydrogens is 415 g/mol. The van der Waals surface area contributed by atoms with Crippen LogP contribution in [0.15, 0.2) is 16.6 Å². The van der Waals surface area contributed by atoms with Crippen LogP contribution in [-0.2, 0) is 11.3 Å². The average Bonchev–Trinajstić information content (AvgIpc) is 3.38. The van der Waals surface area contributed by atoms with Crippen molar-refractivity contribution >= 4 is 27.7 Å². The zero-order chi connectivity index (χ0) is 18.9. The van der Waals surface area contributed by atoms with Crippen molar-refractivity contribution in [2.24, 2.45) is 11.7 Å². The first kappa shape index (κ1) is 16.9. The van der Waals surface area contributed by atoms with Gasteiger partial charge in [0.15, 0.2) is 5.69 Å². The Labute approximate surface area is 163 Å². The van der Waals surface area contributed by atoms with Crippen molar-refractivity contribution in [2.45, 2.75) is 44.2 Å². The maximum Gasteiger partial charge on any atom is 0.269 e. The van der Waals surface area contributed by atoms with Crippen LogP contribution in [0.4, 0.5) is 4.39 Å². The predicted molar refractivity (Wildman–Crippen MR) is 99.4 cm³/mol. The molecule has 2 fully saturated rings. The number of nitrogens with two attached hydrogens (primary N) is 1. The fraction of sp³-hybridized carbons (Fsp3) is 0.421. The number of primary amides is 1. The summed E-state index contributed by atoms with van der Waals surface area (Å²) in [5.41, 5.74) is 8.13. The van der Waals surface area contributed by atoms with E-state index in [-0.39, 0.29) is 41.8 Å². The maximum absolute atomic E-state index is 14.1. The van der Waals surface area contributed by atoms with Gasteiger partial charge in [0, 0.05) is 17.5 Å². The molecule has 1 aromatic heterocycles. The van der Waals surface area contributed by atoms with Crippen molar-refractivity contribution in [3.8, 4) is 11.4 Å². The summed E-state index contributed by atoms with van der Waals surface area (Å²) in [4.78, 5) is 28.6. The molecule has 0 atom stereocenters. The van der Waals surface area contributed by atoms with Crippen LogP contribution in [-0.4, -0.2) is 21.4 Å². The molecule has 140 valence electrons. The molecule has 1 aromatic carbocycles. The van der Waals surface area contributed by atoms with E-state index in [1.165, 1.54) is 0 Å². The van der Waals surface area contributed by atoms with Gasteiger partial charge in [0.05, 0.1) is 16.7 Å². The molecule has 2 aliphatic heterocycles. The lowest BCUT2D eigenvalue weighted by molar-refractivity contribution is -0.122. The Morgan fingerprint density at radius 3 is 2.74 bits per heavy atom. The second-order valence-corrected chi connectivity index (χ2v) is 8.49. The smallest absolute Gasteiger partial charge is 0.269 e. The highest BCUT2D eigenvalue weighted by molar-refractivity contribution is 9.10. The highest BCUT2D eigenvalue weighted by Crippen LogP contribution is 2.53. The normalized spacial score (nSPS) is 22.3. The van der Waals surface area contributed by atoms with E-state index in [1.54, 1.807) is 12.1 Å². The van der Waals surface area contributed by atoms with Gasteiger partial charge < -0.3 is 15.6 Å². The summed E-state index contributed by atoms with van der Waals surface area (Å²) >= 11 is 3.25. The van der Waals surface area contributed by atoms with Gasteiger partial charge in [-0.3, -0.25) is 9.59 Å². The van der Waals surface area contributed by atoms with Crippen LogP contribution >= 0.6 is 15.9 Å². The molecule has 2 saturated carbocycles. The van der Waals surface area contributed by atoms with E-state index in [1.807, 2.05) is 4.57 Å². The predicted octanol–water partition coefficient (Wildman–Crippen LogP) is 3.01. The lowest BCUT2D eigenvalue weighted by Gasteiger charge is -2.35. The molecule has 2 aliphatic carbocycles. The van der Waals surface area contributed by atoms with Crippen LogP contribution < -0.4 is 11.1 Å². The van der Waals surface area contributed by atoms with E-state index >= 15 is 0 Å². The van der Waals surface area contributed by atoms with E-state index in [2.05, 4.69) is 26.2 Å². The van der Waals surface area contributed by atoms with Crippen molar-refractivity contribution in [1.29, 1.82) is 0 Å². The van der Waals surface area contributed by atoms with E-state index in [4.69, 9.17) is 5.73 Å². The minimum Gasteiger partial charge on any atom is -0.364 e. The van der Waals surface area contributed by atoms with Crippen LogP contribution in [0.25, 0.3) is 11.4 Å². The molecule has 2 bridgehead atoms. The summed E-state index contributed by atoms with van der Waals surface area (Å²) in [6.07, 6.45) is 3.55. The minimum atomic E-state index is -0.621. The summed E-state index contributed by atoms with van der Waals surface area (Å²) < 4.78 is 16.5. The number of benzene rings is 1. The van der Waals surface area contributed by atoms with Gasteiger partial charge in [0.25, 0.3) is 5.91 Å². The fourth-order valence-electron chi connectivity index (χ4n) is 4.22. The van der Waals surface area contributed by atoms with Gasteiger partial charge >= 0.3 is 0 Å². The molecule has 3 heterocycles. The van der Waals surface area contributed by atoms with Crippen LogP contribution in [0.2, 0.25) is 0 Å². The van der Waals surface area contributed by atoms with Crippen molar-refractivity contribution in [3.63, 3.8) is 0 Å². The molecule has 27 heavy (non-hydrogen) atoms. The third-order valence-electron chi connectivity index (χ3n) is 5.87. The topological polar surface area (TPSA) is 90.0 Å². The van der Waals surface area contributed by atoms with Gasteiger partial charge in [0.1, 0.15) is 11.6 Å². The average molecular weight is 433 g/mol. The zero-order valence-corrected chi connectivity index (χ0v) is 16.1. The SMILES string of the molecule is NC(=O)c1nc2n(c1CNC(=O)C1CC1)C1CC(C1)c1cc(F)c(Br)cc1-2. The number of nitrogens with zero attached hydrogens (tertiary/aromatic N) is 2. The molecule has 0 spiro atoms. The number of halogens is 2. The molecule has 3 N–H and O–H groups in total. The number of nitrogens with one attached hydrogen (secondary N) is 1. The summed E-state index contributed by atoms with van der Waals surface area (Å²) in [6.45, 7) is 0.222. The second-order valence-electron chi connectivity index (χ2n) is 7.63. The zero-order valence-electron chi connectivity index (χ0n) is 14.5. The first-order valence-corrected chi connectivity index (χ1v) is 9.91. The number of amides is 2. The van der Waals surface area contributed by atoms with Crippen LogP contribution in [0, 0.1) is 11.7 Å². The van der Waals surface area contributed by atoms with Crippen molar-refractivity contribution in [3.05, 3.63) is 39.4 Å². The summed E-state index contributed by atoms with van der Waals surface area (Å²) in [7, 11) is 0. The van der Waals surface area contributed by atoms with E-state index in [0.29, 0.717) is 16.0 Å². The van der Waals surface area contributed by atoms with Crippen molar-refractivity contribution in [2.75, 3.05) is 0 Å². The number of imidazole rings is 1. The van der Waals surface area contributed by atoms with E-state index in [0.717, 1.165) is 36.8 Å². The summed E-state index contributed by atoms with van der Waals surface area (Å²) in [6, 6.07) is 3.46. The van der Waals surface area contributed by atoms with Gasteiger partial charge in [0.2, 0.25) is 5.91 Å². The summed E-state index contributed by atoms with van der Waals surface area (Å²) in [5, 5.41) is 2.92. The molecular formula is C19H18BrFN4O2. The summed E-state index contributed by atoms with van der Waals surface area (Å²) in [5.74, 6) is 0.0714. The van der Waals surface area contributed by atoms with Gasteiger partial charge in [-0.1, -0.05) is 0 Å². The number of carbonyl (C=O) groups is 2. The number of aromatic nitrogens is 2. The molecule has 2 amide bonds. The molecule has 8 heteroatoms. The van der Waals surface area contributed by atoms with Gasteiger partial charge in [-0.15, -0.1) is 0 Å². The van der Waals surface area contributed by atoms with Crippen LogP contribution in [0.1, 0.15) is 59.4 Å². The number of rotatable bonds is 4. The molecule has 2 aromatic rings. The van der Waals surface area contributed by atoms with E-state index in [9.17, 15) is 14.0 Å². The highest BCUT2D eigenvalue weighted by atomic mass is 79.9. The molecule has 4 aliphatic rings. The maximum atomic E-state index is 14.1. The molecule has 0 saturated heterocycles. The van der Waals surface area contributed by atoms with Gasteiger partial charge in [-0.2, -0.15) is 0 Å². The Morgan fingerprint density at radius 1 is 1.33 bits per heavy atom. The third kappa shape index (κ3) is 2.61.